The van der Waals surface area contributed by atoms with E-state index in [1.54, 1.807) is 11.0 Å². The summed E-state index contributed by atoms with van der Waals surface area (Å²) in [7, 11) is 0. The lowest BCUT2D eigenvalue weighted by atomic mass is 10.1. The van der Waals surface area contributed by atoms with E-state index in [-0.39, 0.29) is 18.4 Å². The van der Waals surface area contributed by atoms with Gasteiger partial charge in [0.1, 0.15) is 4.32 Å². The Bertz CT molecular complexity index is 1130. The summed E-state index contributed by atoms with van der Waals surface area (Å²) in [5, 5.41) is 0.582. The highest BCUT2D eigenvalue weighted by Gasteiger charge is 2.42. The van der Waals surface area contributed by atoms with Gasteiger partial charge >= 0.3 is 0 Å². The normalized spacial score (nSPS) is 18.2. The van der Waals surface area contributed by atoms with Gasteiger partial charge in [-0.05, 0) is 36.2 Å². The Hall–Kier alpha value is -1.67. The zero-order valence-corrected chi connectivity index (χ0v) is 21.5. The summed E-state index contributed by atoms with van der Waals surface area (Å²) >= 11 is 16.5. The van der Waals surface area contributed by atoms with Crippen LogP contribution < -0.4 is 4.90 Å². The molecule has 2 aromatic carbocycles. The molecule has 0 N–H and O–H groups in total. The van der Waals surface area contributed by atoms with Crippen molar-refractivity contribution in [3.8, 4) is 0 Å². The Labute approximate surface area is 211 Å². The van der Waals surface area contributed by atoms with Crippen molar-refractivity contribution >= 4 is 78.9 Å². The van der Waals surface area contributed by atoms with Gasteiger partial charge in [-0.15, -0.1) is 0 Å². The first-order valence-electron chi connectivity index (χ1n) is 10.6. The molecule has 1 saturated heterocycles. The van der Waals surface area contributed by atoms with Gasteiger partial charge in [-0.2, -0.15) is 0 Å². The van der Waals surface area contributed by atoms with E-state index in [0.29, 0.717) is 26.4 Å². The molecule has 0 radical (unpaired) electrons. The molecule has 1 fully saturated rings. The van der Waals surface area contributed by atoms with Crippen molar-refractivity contribution in [3.63, 3.8) is 0 Å². The van der Waals surface area contributed by atoms with Crippen LogP contribution in [-0.4, -0.2) is 27.6 Å². The highest BCUT2D eigenvalue weighted by molar-refractivity contribution is 9.10. The molecule has 2 aliphatic rings. The molecule has 2 aromatic rings. The molecular formula is C24H22BrClN2O2S2. The van der Waals surface area contributed by atoms with Gasteiger partial charge in [0.15, 0.2) is 0 Å². The quantitative estimate of drug-likeness (QED) is 0.216. The summed E-state index contributed by atoms with van der Waals surface area (Å²) in [5.41, 5.74) is 2.88. The van der Waals surface area contributed by atoms with E-state index in [2.05, 4.69) is 22.9 Å². The van der Waals surface area contributed by atoms with Crippen LogP contribution in [0.5, 0.6) is 0 Å². The van der Waals surface area contributed by atoms with Gasteiger partial charge in [-0.25, -0.2) is 0 Å². The minimum atomic E-state index is -0.248. The van der Waals surface area contributed by atoms with Crippen LogP contribution in [0.2, 0.25) is 5.02 Å². The van der Waals surface area contributed by atoms with Crippen molar-refractivity contribution in [2.75, 3.05) is 11.4 Å². The number of nitrogens with zero attached hydrogens (tertiary/aromatic N) is 2. The fourth-order valence-corrected chi connectivity index (χ4v) is 5.81. The standard InChI is InChI=1S/C24H22BrClN2O2S2/c1-2-3-4-7-12-27-19-11-10-16(25)13-17(19)20(22(27)29)21-23(30)28(24(31)32-21)14-15-8-5-6-9-18(15)26/h5-6,8-11,13H,2-4,7,12,14H2,1H3. The minimum Gasteiger partial charge on any atom is -0.308 e. The molecule has 32 heavy (non-hydrogen) atoms. The van der Waals surface area contributed by atoms with E-state index in [4.69, 9.17) is 23.8 Å². The molecular weight excluding hydrogens is 528 g/mol. The van der Waals surface area contributed by atoms with Crippen LogP contribution in [0.15, 0.2) is 51.8 Å². The molecule has 4 rings (SSSR count). The third-order valence-electron chi connectivity index (χ3n) is 5.58. The molecule has 2 amide bonds. The van der Waals surface area contributed by atoms with E-state index in [9.17, 15) is 9.59 Å². The van der Waals surface area contributed by atoms with Crippen LogP contribution in [0.3, 0.4) is 0 Å². The number of thioether (sulfide) groups is 1. The molecule has 0 unspecified atom stereocenters. The first-order chi connectivity index (χ1) is 15.4. The van der Waals surface area contributed by atoms with E-state index < -0.39 is 0 Å². The van der Waals surface area contributed by atoms with Crippen molar-refractivity contribution in [1.29, 1.82) is 0 Å². The average molecular weight is 550 g/mol. The number of thiocarbonyl (C=S) groups is 1. The molecule has 0 atom stereocenters. The van der Waals surface area contributed by atoms with Crippen molar-refractivity contribution < 1.29 is 9.59 Å². The molecule has 166 valence electrons. The van der Waals surface area contributed by atoms with Gasteiger partial charge in [-0.1, -0.05) is 95.9 Å². The summed E-state index contributed by atoms with van der Waals surface area (Å²) in [4.78, 5) is 30.6. The van der Waals surface area contributed by atoms with E-state index in [1.807, 2.05) is 36.4 Å². The maximum atomic E-state index is 13.5. The Morgan fingerprint density at radius 3 is 2.56 bits per heavy atom. The Kier molecular flexibility index (Phi) is 7.40. The SMILES string of the molecule is CCCCCCN1C(=O)C(=C2SC(=S)N(Cc3ccccc3Cl)C2=O)c2cc(Br)ccc21. The summed E-state index contributed by atoms with van der Waals surface area (Å²) in [6.07, 6.45) is 4.27. The van der Waals surface area contributed by atoms with Crippen LogP contribution in [0, 0.1) is 0 Å². The number of rotatable bonds is 7. The third kappa shape index (κ3) is 4.53. The number of hydrogen-bond acceptors (Lipinski definition) is 4. The molecule has 0 aromatic heterocycles. The summed E-state index contributed by atoms with van der Waals surface area (Å²) in [6, 6.07) is 13.2. The lowest BCUT2D eigenvalue weighted by molar-refractivity contribution is -0.122. The number of unbranched alkanes of at least 4 members (excludes halogenated alkanes) is 3. The second-order valence-corrected chi connectivity index (χ2v) is 10.7. The van der Waals surface area contributed by atoms with Gasteiger partial charge < -0.3 is 4.90 Å². The first-order valence-corrected chi connectivity index (χ1v) is 12.9. The Morgan fingerprint density at radius 2 is 1.81 bits per heavy atom. The highest BCUT2D eigenvalue weighted by atomic mass is 79.9. The zero-order valence-electron chi connectivity index (χ0n) is 17.6. The maximum absolute atomic E-state index is 13.5. The molecule has 2 heterocycles. The monoisotopic (exact) mass is 548 g/mol. The number of carbonyl (C=O) groups is 2. The molecule has 0 aliphatic carbocycles. The Balaban J connectivity index is 1.68. The van der Waals surface area contributed by atoms with E-state index in [0.717, 1.165) is 47.0 Å². The number of fused-ring (bicyclic) bond motifs is 1. The highest BCUT2D eigenvalue weighted by Crippen LogP contribution is 2.46. The zero-order chi connectivity index (χ0) is 22.8. The first kappa shape index (κ1) is 23.5. The molecule has 0 bridgehead atoms. The fourth-order valence-electron chi connectivity index (χ4n) is 3.92. The smallest absolute Gasteiger partial charge is 0.267 e. The minimum absolute atomic E-state index is 0.132. The topological polar surface area (TPSA) is 40.6 Å². The number of halogens is 2. The number of anilines is 1. The van der Waals surface area contributed by atoms with Gasteiger partial charge in [0.25, 0.3) is 11.8 Å². The largest absolute Gasteiger partial charge is 0.308 e. The molecule has 4 nitrogen and oxygen atoms in total. The lowest BCUT2D eigenvalue weighted by Gasteiger charge is -2.17. The molecule has 0 saturated carbocycles. The van der Waals surface area contributed by atoms with E-state index in [1.165, 1.54) is 16.7 Å². The van der Waals surface area contributed by atoms with Crippen LogP contribution in [-0.2, 0) is 16.1 Å². The average Bonchev–Trinajstić information content (AvgIpc) is 3.19. The van der Waals surface area contributed by atoms with Crippen molar-refractivity contribution in [1.82, 2.24) is 4.90 Å². The van der Waals surface area contributed by atoms with Crippen LogP contribution in [0.4, 0.5) is 5.69 Å². The van der Waals surface area contributed by atoms with Gasteiger partial charge in [-0.3, -0.25) is 14.5 Å². The van der Waals surface area contributed by atoms with Crippen LogP contribution in [0.1, 0.15) is 43.7 Å². The van der Waals surface area contributed by atoms with Crippen molar-refractivity contribution in [2.24, 2.45) is 0 Å². The molecule has 8 heteroatoms. The number of carbonyl (C=O) groups excluding carboxylic acids is 2. The van der Waals surface area contributed by atoms with Gasteiger partial charge in [0, 0.05) is 21.6 Å². The van der Waals surface area contributed by atoms with Gasteiger partial charge in [0.2, 0.25) is 0 Å². The summed E-state index contributed by atoms with van der Waals surface area (Å²) in [6.45, 7) is 3.08. The number of amides is 2. The number of benzene rings is 2. The van der Waals surface area contributed by atoms with Crippen LogP contribution in [0.25, 0.3) is 5.57 Å². The molecule has 2 aliphatic heterocycles. The lowest BCUT2D eigenvalue weighted by Crippen LogP contribution is -2.29. The maximum Gasteiger partial charge on any atom is 0.267 e. The summed E-state index contributed by atoms with van der Waals surface area (Å²) in [5.74, 6) is -0.380. The van der Waals surface area contributed by atoms with Crippen LogP contribution >= 0.6 is 51.5 Å². The van der Waals surface area contributed by atoms with E-state index >= 15 is 0 Å². The Morgan fingerprint density at radius 1 is 1.03 bits per heavy atom. The number of hydrogen-bond donors (Lipinski definition) is 0. The predicted octanol–water partition coefficient (Wildman–Crippen LogP) is 6.80. The molecule has 0 spiro atoms. The van der Waals surface area contributed by atoms with Gasteiger partial charge in [0.05, 0.1) is 22.7 Å². The third-order valence-corrected chi connectivity index (χ3v) is 7.89. The summed E-state index contributed by atoms with van der Waals surface area (Å²) < 4.78 is 1.30. The fraction of sp³-hybridized carbons (Fsp3) is 0.292. The second kappa shape index (κ2) is 10.1. The second-order valence-electron chi connectivity index (χ2n) is 7.73. The van der Waals surface area contributed by atoms with Crippen molar-refractivity contribution in [2.45, 2.75) is 39.2 Å². The van der Waals surface area contributed by atoms with Crippen molar-refractivity contribution in [3.05, 3.63) is 68.0 Å². The predicted molar refractivity (Wildman–Crippen MR) is 140 cm³/mol.